The van der Waals surface area contributed by atoms with Crippen LogP contribution in [0.15, 0.2) is 0 Å². The van der Waals surface area contributed by atoms with Crippen LogP contribution in [0.5, 0.6) is 0 Å². The van der Waals surface area contributed by atoms with Gasteiger partial charge < -0.3 is 19.8 Å². The zero-order valence-corrected chi connectivity index (χ0v) is 9.20. The first-order valence-electron chi connectivity index (χ1n) is 3.92. The molecule has 0 aliphatic heterocycles. The number of carbonyl (C=O) groups excluding carboxylic acids is 2. The van der Waals surface area contributed by atoms with Crippen LogP contribution in [0.25, 0.3) is 0 Å². The Morgan fingerprint density at radius 2 is 1.57 bits per heavy atom. The summed E-state index contributed by atoms with van der Waals surface area (Å²) in [6.07, 6.45) is 0.938. The minimum absolute atomic E-state index is 0. The Kier molecular flexibility index (Phi) is 13.6. The summed E-state index contributed by atoms with van der Waals surface area (Å²) in [5.74, 6) is -4.55. The summed E-state index contributed by atoms with van der Waals surface area (Å²) in [4.78, 5) is 20.8. The van der Waals surface area contributed by atoms with Crippen LogP contribution in [-0.2, 0) is 9.59 Å². The van der Waals surface area contributed by atoms with Gasteiger partial charge in [-0.3, -0.25) is 0 Å². The van der Waals surface area contributed by atoms with Gasteiger partial charge in [0.1, 0.15) is 0 Å². The average molecular weight is 186 g/mol. The summed E-state index contributed by atoms with van der Waals surface area (Å²) < 4.78 is 0. The molecule has 0 aliphatic rings. The van der Waals surface area contributed by atoms with Crippen molar-refractivity contribution < 1.29 is 57.5 Å². The third kappa shape index (κ3) is 6.57. The largest absolute Gasteiger partial charge is 1.00 e. The van der Waals surface area contributed by atoms with E-state index in [1.807, 2.05) is 0 Å². The summed E-state index contributed by atoms with van der Waals surface area (Å²) in [6.45, 7) is 3.11. The van der Waals surface area contributed by atoms with E-state index in [9.17, 15) is 19.8 Å². The number of hydrogen-bond acceptors (Lipinski definition) is 4. The van der Waals surface area contributed by atoms with Gasteiger partial charge in [0.15, 0.2) is 0 Å². The van der Waals surface area contributed by atoms with E-state index >= 15 is 0 Å². The maximum atomic E-state index is 10.4. The fraction of sp³-hybridized carbons (Fsp3) is 0.750. The smallest absolute Gasteiger partial charge is 0.550 e. The Balaban J connectivity index is -0.000000605. The first-order valence-corrected chi connectivity index (χ1v) is 3.92. The molecule has 0 spiro atoms. The molecule has 0 aromatic rings. The van der Waals surface area contributed by atoms with E-state index in [2.05, 4.69) is 0 Å². The van der Waals surface area contributed by atoms with E-state index in [4.69, 9.17) is 0 Å². The van der Waals surface area contributed by atoms with Crippen molar-refractivity contribution in [3.05, 3.63) is 0 Å². The fourth-order valence-corrected chi connectivity index (χ4v) is 1.05. The summed E-state index contributed by atoms with van der Waals surface area (Å²) in [7, 11) is 0. The molecule has 0 rings (SSSR count). The summed E-state index contributed by atoms with van der Waals surface area (Å²) >= 11 is 0. The van der Waals surface area contributed by atoms with Gasteiger partial charge in [-0.15, -0.1) is 0 Å². The SMILES string of the molecule is CCCC(C(=O)[O-])C(C)C(=O)[O-].[Li+].[Li+]. The Morgan fingerprint density at radius 3 is 1.79 bits per heavy atom. The van der Waals surface area contributed by atoms with Gasteiger partial charge in [0.05, 0.1) is 0 Å². The van der Waals surface area contributed by atoms with Crippen molar-refractivity contribution in [3.8, 4) is 0 Å². The molecule has 4 nitrogen and oxygen atoms in total. The van der Waals surface area contributed by atoms with Gasteiger partial charge in [0.2, 0.25) is 0 Å². The molecule has 2 atom stereocenters. The molecule has 0 radical (unpaired) electrons. The fourth-order valence-electron chi connectivity index (χ4n) is 1.05. The van der Waals surface area contributed by atoms with E-state index in [0.29, 0.717) is 12.8 Å². The Morgan fingerprint density at radius 1 is 1.14 bits per heavy atom. The van der Waals surface area contributed by atoms with Crippen LogP contribution in [0.1, 0.15) is 26.7 Å². The molecule has 0 heterocycles. The van der Waals surface area contributed by atoms with Crippen molar-refractivity contribution in [2.45, 2.75) is 26.7 Å². The third-order valence-corrected chi connectivity index (χ3v) is 1.88. The van der Waals surface area contributed by atoms with Crippen molar-refractivity contribution in [1.29, 1.82) is 0 Å². The molecule has 6 heteroatoms. The predicted octanol–water partition coefficient (Wildman–Crippen LogP) is -7.45. The first-order chi connectivity index (χ1) is 5.50. The van der Waals surface area contributed by atoms with Gasteiger partial charge in [-0.1, -0.05) is 20.3 Å². The molecule has 0 fully saturated rings. The van der Waals surface area contributed by atoms with Crippen LogP contribution in [0.2, 0.25) is 0 Å². The molecule has 0 aliphatic carbocycles. The minimum Gasteiger partial charge on any atom is -0.550 e. The molecule has 70 valence electrons. The van der Waals surface area contributed by atoms with Gasteiger partial charge in [-0.05, 0) is 6.42 Å². The van der Waals surface area contributed by atoms with E-state index in [0.717, 1.165) is 0 Å². The maximum Gasteiger partial charge on any atom is 1.00 e. The molecule has 0 N–H and O–H groups in total. The molecule has 0 saturated heterocycles. The van der Waals surface area contributed by atoms with Crippen molar-refractivity contribution in [1.82, 2.24) is 0 Å². The predicted molar refractivity (Wildman–Crippen MR) is 37.6 cm³/mol. The standard InChI is InChI=1S/C8H14O4.2Li/c1-3-4-6(8(11)12)5(2)7(9)10;;/h5-6H,3-4H2,1-2H3,(H,9,10)(H,11,12);;/q;2*+1/p-2. The second-order valence-electron chi connectivity index (χ2n) is 2.82. The molecule has 14 heavy (non-hydrogen) atoms. The zero-order valence-electron chi connectivity index (χ0n) is 9.20. The van der Waals surface area contributed by atoms with Crippen LogP contribution in [-0.4, -0.2) is 11.9 Å². The van der Waals surface area contributed by atoms with E-state index in [1.165, 1.54) is 6.92 Å². The minimum atomic E-state index is -1.34. The van der Waals surface area contributed by atoms with Crippen molar-refractivity contribution in [2.75, 3.05) is 0 Å². The number of carbonyl (C=O) groups is 2. The Labute approximate surface area is 108 Å². The molecular weight excluding hydrogens is 174 g/mol. The third-order valence-electron chi connectivity index (χ3n) is 1.88. The molecule has 0 bridgehead atoms. The molecule has 2 unspecified atom stereocenters. The zero-order chi connectivity index (χ0) is 9.72. The van der Waals surface area contributed by atoms with Crippen molar-refractivity contribution in [2.24, 2.45) is 11.8 Å². The molecular formula is C8H12Li2O4. The average Bonchev–Trinajstić information content (AvgIpc) is 1.98. The Hall–Kier alpha value is 0.135. The second kappa shape index (κ2) is 9.68. The number of rotatable bonds is 5. The number of carboxylic acids is 2. The molecule has 0 amide bonds. The van der Waals surface area contributed by atoms with Crippen LogP contribution in [0.3, 0.4) is 0 Å². The molecule has 0 aromatic carbocycles. The van der Waals surface area contributed by atoms with Crippen LogP contribution < -0.4 is 47.9 Å². The first kappa shape index (κ1) is 19.7. The van der Waals surface area contributed by atoms with Gasteiger partial charge in [-0.2, -0.15) is 0 Å². The summed E-state index contributed by atoms with van der Waals surface area (Å²) in [5.41, 5.74) is 0. The molecule has 0 aromatic heterocycles. The van der Waals surface area contributed by atoms with Crippen LogP contribution in [0.4, 0.5) is 0 Å². The maximum absolute atomic E-state index is 10.4. The summed E-state index contributed by atoms with van der Waals surface area (Å²) in [5, 5.41) is 20.8. The number of aliphatic carboxylic acids is 2. The Bertz CT molecular complexity index is 184. The number of hydrogen-bond donors (Lipinski definition) is 0. The topological polar surface area (TPSA) is 80.3 Å². The normalized spacial score (nSPS) is 13.0. The van der Waals surface area contributed by atoms with E-state index in [1.54, 1.807) is 6.92 Å². The van der Waals surface area contributed by atoms with Gasteiger partial charge in [-0.25, -0.2) is 0 Å². The summed E-state index contributed by atoms with van der Waals surface area (Å²) in [6, 6.07) is 0. The number of carboxylic acid groups (broad SMARTS) is 2. The van der Waals surface area contributed by atoms with Gasteiger partial charge in [0.25, 0.3) is 0 Å². The van der Waals surface area contributed by atoms with Gasteiger partial charge in [0, 0.05) is 23.8 Å². The van der Waals surface area contributed by atoms with E-state index < -0.39 is 23.8 Å². The monoisotopic (exact) mass is 186 g/mol. The van der Waals surface area contributed by atoms with Gasteiger partial charge >= 0.3 is 37.7 Å². The second-order valence-corrected chi connectivity index (χ2v) is 2.82. The molecule has 0 saturated carbocycles. The van der Waals surface area contributed by atoms with E-state index in [-0.39, 0.29) is 37.7 Å². The van der Waals surface area contributed by atoms with Crippen molar-refractivity contribution in [3.63, 3.8) is 0 Å². The van der Waals surface area contributed by atoms with Crippen molar-refractivity contribution >= 4 is 11.9 Å². The van der Waals surface area contributed by atoms with Crippen LogP contribution in [0, 0.1) is 11.8 Å². The quantitative estimate of drug-likeness (QED) is 0.399. The van der Waals surface area contributed by atoms with Crippen LogP contribution >= 0.6 is 0 Å².